The lowest BCUT2D eigenvalue weighted by Crippen LogP contribution is -2.12. The summed E-state index contributed by atoms with van der Waals surface area (Å²) in [5.74, 6) is 0.565. The molecule has 166 valence electrons. The lowest BCUT2D eigenvalue weighted by molar-refractivity contribution is -0.0165. The minimum absolute atomic E-state index is 0.117. The molecule has 0 N–H and O–H groups in total. The molecule has 3 aromatic rings. The van der Waals surface area contributed by atoms with Gasteiger partial charge >= 0.3 is 5.97 Å². The number of fused-ring (bicyclic) bond motifs is 2. The van der Waals surface area contributed by atoms with E-state index in [4.69, 9.17) is 30.5 Å². The van der Waals surface area contributed by atoms with E-state index in [1.807, 2.05) is 0 Å². The van der Waals surface area contributed by atoms with Gasteiger partial charge in [0, 0.05) is 26.7 Å². The fourth-order valence-electron chi connectivity index (χ4n) is 3.75. The van der Waals surface area contributed by atoms with E-state index in [-0.39, 0.29) is 24.1 Å². The Balaban J connectivity index is 1.44. The van der Waals surface area contributed by atoms with Crippen molar-refractivity contribution < 1.29 is 28.5 Å². The van der Waals surface area contributed by atoms with Crippen LogP contribution in [0.3, 0.4) is 0 Å². The number of carbonyl (C=O) groups is 2. The van der Waals surface area contributed by atoms with Crippen molar-refractivity contribution in [2.24, 2.45) is 0 Å². The highest BCUT2D eigenvalue weighted by molar-refractivity contribution is 9.10. The molecule has 0 atom stereocenters. The van der Waals surface area contributed by atoms with Gasteiger partial charge in [-0.3, -0.25) is 4.79 Å². The molecule has 0 amide bonds. The van der Waals surface area contributed by atoms with Gasteiger partial charge in [0.15, 0.2) is 12.6 Å². The molecular formula is C25H16BrClO6. The van der Waals surface area contributed by atoms with Crippen LogP contribution in [0.5, 0.6) is 17.2 Å². The van der Waals surface area contributed by atoms with Crippen molar-refractivity contribution in [3.63, 3.8) is 0 Å². The number of Topliss-reactive ketones (excluding diaryl/α,β-unsaturated/α-hetero) is 1. The van der Waals surface area contributed by atoms with Crippen LogP contribution in [0.1, 0.15) is 37.4 Å². The highest BCUT2D eigenvalue weighted by Gasteiger charge is 2.31. The smallest absolute Gasteiger partial charge is 0.343 e. The van der Waals surface area contributed by atoms with E-state index in [0.717, 1.165) is 10.0 Å². The normalized spacial score (nSPS) is 15.5. The molecule has 0 aliphatic carbocycles. The van der Waals surface area contributed by atoms with Crippen molar-refractivity contribution in [1.29, 1.82) is 0 Å². The van der Waals surface area contributed by atoms with Gasteiger partial charge in [-0.1, -0.05) is 27.5 Å². The van der Waals surface area contributed by atoms with Gasteiger partial charge in [0.25, 0.3) is 0 Å². The van der Waals surface area contributed by atoms with Gasteiger partial charge in [-0.05, 0) is 61.0 Å². The van der Waals surface area contributed by atoms with Gasteiger partial charge in [0.1, 0.15) is 17.2 Å². The number of hydrogen-bond donors (Lipinski definition) is 0. The van der Waals surface area contributed by atoms with Crippen molar-refractivity contribution >= 4 is 45.4 Å². The number of benzene rings is 3. The third-order valence-corrected chi connectivity index (χ3v) is 5.97. The Morgan fingerprint density at radius 1 is 1.15 bits per heavy atom. The predicted octanol–water partition coefficient (Wildman–Crippen LogP) is 6.11. The van der Waals surface area contributed by atoms with E-state index in [1.54, 1.807) is 55.5 Å². The van der Waals surface area contributed by atoms with Gasteiger partial charge in [-0.15, -0.1) is 0 Å². The van der Waals surface area contributed by atoms with Crippen LogP contribution in [0, 0.1) is 6.92 Å². The van der Waals surface area contributed by atoms with E-state index in [9.17, 15) is 9.59 Å². The van der Waals surface area contributed by atoms with E-state index in [1.165, 1.54) is 6.07 Å². The van der Waals surface area contributed by atoms with Crippen molar-refractivity contribution in [3.8, 4) is 17.2 Å². The van der Waals surface area contributed by atoms with Crippen LogP contribution in [0.2, 0.25) is 5.02 Å². The zero-order valence-corrected chi connectivity index (χ0v) is 19.7. The summed E-state index contributed by atoms with van der Waals surface area (Å²) < 4.78 is 23.1. The number of ether oxygens (including phenoxy) is 4. The summed E-state index contributed by atoms with van der Waals surface area (Å²) in [7, 11) is 0. The molecule has 2 aliphatic heterocycles. The summed E-state index contributed by atoms with van der Waals surface area (Å²) in [4.78, 5) is 25.5. The SMILES string of the molecule is Cc1cc(OC(=O)c2ccc(Br)cc2)cc2c1C(=O)/C(=C/c1cc(Cl)cc3c1OCOC3)O2. The van der Waals surface area contributed by atoms with Crippen LogP contribution in [-0.4, -0.2) is 18.5 Å². The zero-order chi connectivity index (χ0) is 23.1. The molecule has 2 aliphatic rings. The van der Waals surface area contributed by atoms with Crippen molar-refractivity contribution in [3.05, 3.63) is 91.6 Å². The van der Waals surface area contributed by atoms with Crippen LogP contribution < -0.4 is 14.2 Å². The molecule has 0 radical (unpaired) electrons. The van der Waals surface area contributed by atoms with Crippen LogP contribution in [0.15, 0.2) is 58.8 Å². The van der Waals surface area contributed by atoms with Crippen molar-refractivity contribution in [2.45, 2.75) is 13.5 Å². The number of carbonyl (C=O) groups excluding carboxylic acids is 2. The second-order valence-electron chi connectivity index (χ2n) is 7.54. The Kier molecular flexibility index (Phi) is 5.70. The van der Waals surface area contributed by atoms with Crippen LogP contribution in [-0.2, 0) is 11.3 Å². The Morgan fingerprint density at radius 2 is 1.94 bits per heavy atom. The molecule has 0 bridgehead atoms. The first-order valence-electron chi connectivity index (χ1n) is 9.98. The summed E-state index contributed by atoms with van der Waals surface area (Å²) in [5, 5.41) is 0.496. The molecule has 0 spiro atoms. The number of hydrogen-bond acceptors (Lipinski definition) is 6. The predicted molar refractivity (Wildman–Crippen MR) is 125 cm³/mol. The Bertz CT molecular complexity index is 1330. The highest BCUT2D eigenvalue weighted by atomic mass is 79.9. The molecule has 0 unspecified atom stereocenters. The maximum Gasteiger partial charge on any atom is 0.343 e. The Labute approximate surface area is 202 Å². The van der Waals surface area contributed by atoms with Gasteiger partial charge in [0.2, 0.25) is 5.78 Å². The minimum Gasteiger partial charge on any atom is -0.467 e. The first-order chi connectivity index (χ1) is 15.9. The molecule has 8 heteroatoms. The summed E-state index contributed by atoms with van der Waals surface area (Å²) in [6.45, 7) is 2.25. The maximum atomic E-state index is 13.1. The molecule has 3 aromatic carbocycles. The Morgan fingerprint density at radius 3 is 2.73 bits per heavy atom. The highest BCUT2D eigenvalue weighted by Crippen LogP contribution is 2.39. The van der Waals surface area contributed by atoms with Crippen molar-refractivity contribution in [1.82, 2.24) is 0 Å². The largest absolute Gasteiger partial charge is 0.467 e. The van der Waals surface area contributed by atoms with Gasteiger partial charge in [0.05, 0.1) is 17.7 Å². The monoisotopic (exact) mass is 526 g/mol. The molecule has 0 fully saturated rings. The molecule has 0 saturated heterocycles. The topological polar surface area (TPSA) is 71.1 Å². The number of allylic oxidation sites excluding steroid dienone is 1. The summed E-state index contributed by atoms with van der Waals surface area (Å²) in [6, 6.07) is 13.5. The summed E-state index contributed by atoms with van der Waals surface area (Å²) >= 11 is 9.57. The van der Waals surface area contributed by atoms with E-state index in [2.05, 4.69) is 15.9 Å². The number of rotatable bonds is 3. The summed E-state index contributed by atoms with van der Waals surface area (Å²) in [5.41, 5.74) is 2.88. The number of ketones is 1. The average molecular weight is 528 g/mol. The first-order valence-corrected chi connectivity index (χ1v) is 11.2. The maximum absolute atomic E-state index is 13.1. The van der Waals surface area contributed by atoms with Gasteiger partial charge in [-0.2, -0.15) is 0 Å². The molecule has 5 rings (SSSR count). The number of aryl methyl sites for hydroxylation is 1. The fraction of sp³-hybridized carbons (Fsp3) is 0.120. The van der Waals surface area contributed by atoms with Gasteiger partial charge in [-0.25, -0.2) is 4.79 Å². The third kappa shape index (κ3) is 4.27. The van der Waals surface area contributed by atoms with Crippen LogP contribution in [0.4, 0.5) is 0 Å². The second kappa shape index (κ2) is 8.67. The number of esters is 1. The standard InChI is InChI=1S/C25H16BrClO6/c1-13-6-19(32-25(29)14-2-4-17(26)5-3-14)10-20-22(13)23(28)21(33-20)9-15-7-18(27)8-16-11-30-12-31-24(15)16/h2-10H,11-12H2,1H3/b21-9-. The fourth-order valence-corrected chi connectivity index (χ4v) is 4.26. The second-order valence-corrected chi connectivity index (χ2v) is 8.90. The number of halogens is 2. The van der Waals surface area contributed by atoms with E-state index >= 15 is 0 Å². The third-order valence-electron chi connectivity index (χ3n) is 5.22. The van der Waals surface area contributed by atoms with Gasteiger partial charge < -0.3 is 18.9 Å². The lowest BCUT2D eigenvalue weighted by atomic mass is 10.0. The van der Waals surface area contributed by atoms with Crippen LogP contribution >= 0.6 is 27.5 Å². The quantitative estimate of drug-likeness (QED) is 0.232. The molecule has 33 heavy (non-hydrogen) atoms. The Hall–Kier alpha value is -3.13. The van der Waals surface area contributed by atoms with E-state index < -0.39 is 5.97 Å². The molecule has 0 saturated carbocycles. The molecule has 0 aromatic heterocycles. The minimum atomic E-state index is -0.508. The van der Waals surface area contributed by atoms with E-state index in [0.29, 0.717) is 45.4 Å². The molecular weight excluding hydrogens is 512 g/mol. The van der Waals surface area contributed by atoms with Crippen molar-refractivity contribution in [2.75, 3.05) is 6.79 Å². The zero-order valence-electron chi connectivity index (χ0n) is 17.3. The molecule has 6 nitrogen and oxygen atoms in total. The summed E-state index contributed by atoms with van der Waals surface area (Å²) in [6.07, 6.45) is 1.60. The first kappa shape index (κ1) is 21.7. The average Bonchev–Trinajstić information content (AvgIpc) is 3.09. The van der Waals surface area contributed by atoms with Crippen LogP contribution in [0.25, 0.3) is 6.08 Å². The lowest BCUT2D eigenvalue weighted by Gasteiger charge is -2.20. The molecule has 2 heterocycles.